The van der Waals surface area contributed by atoms with Gasteiger partial charge in [-0.05, 0) is 35.9 Å². The van der Waals surface area contributed by atoms with Crippen molar-refractivity contribution >= 4 is 23.5 Å². The number of amides is 2. The minimum atomic E-state index is -1.02. The van der Waals surface area contributed by atoms with E-state index in [1.165, 1.54) is 18.2 Å². The number of fused-ring (bicyclic) bond motifs is 1. The molecule has 1 heterocycles. The van der Waals surface area contributed by atoms with Crippen molar-refractivity contribution in [1.29, 1.82) is 0 Å². The monoisotopic (exact) mass is 326 g/mol. The molecule has 0 aliphatic carbocycles. The van der Waals surface area contributed by atoms with Crippen LogP contribution in [-0.4, -0.2) is 29.5 Å². The van der Waals surface area contributed by atoms with E-state index in [2.05, 4.69) is 10.6 Å². The van der Waals surface area contributed by atoms with Crippen molar-refractivity contribution in [2.24, 2.45) is 0 Å². The van der Waals surface area contributed by atoms with Crippen molar-refractivity contribution in [2.45, 2.75) is 6.54 Å². The van der Waals surface area contributed by atoms with E-state index in [1.54, 1.807) is 24.3 Å². The quantitative estimate of drug-likeness (QED) is 0.792. The van der Waals surface area contributed by atoms with Crippen LogP contribution in [-0.2, 0) is 11.3 Å². The average Bonchev–Trinajstić information content (AvgIpc) is 2.59. The van der Waals surface area contributed by atoms with Gasteiger partial charge in [-0.1, -0.05) is 12.1 Å². The number of benzene rings is 2. The molecule has 0 radical (unpaired) electrons. The van der Waals surface area contributed by atoms with Crippen molar-refractivity contribution in [3.63, 3.8) is 0 Å². The predicted molar refractivity (Wildman–Crippen MR) is 85.1 cm³/mol. The highest BCUT2D eigenvalue weighted by atomic mass is 16.5. The van der Waals surface area contributed by atoms with Crippen LogP contribution in [0.4, 0.5) is 5.69 Å². The van der Waals surface area contributed by atoms with Crippen LogP contribution in [0.1, 0.15) is 26.3 Å². The lowest BCUT2D eigenvalue weighted by Gasteiger charge is -2.18. The van der Waals surface area contributed by atoms with Crippen molar-refractivity contribution in [3.8, 4) is 5.75 Å². The molecule has 7 nitrogen and oxygen atoms in total. The van der Waals surface area contributed by atoms with Gasteiger partial charge < -0.3 is 20.5 Å². The summed E-state index contributed by atoms with van der Waals surface area (Å²) in [4.78, 5) is 34.5. The summed E-state index contributed by atoms with van der Waals surface area (Å²) in [6.45, 7) is 0.151. The van der Waals surface area contributed by atoms with Gasteiger partial charge in [-0.25, -0.2) is 4.79 Å². The van der Waals surface area contributed by atoms with E-state index in [0.29, 0.717) is 22.6 Å². The zero-order chi connectivity index (χ0) is 17.1. The first-order valence-electron chi connectivity index (χ1n) is 7.20. The Bertz CT molecular complexity index is 831. The number of aromatic carboxylic acids is 1. The highest BCUT2D eigenvalue weighted by Crippen LogP contribution is 2.28. The molecule has 0 aromatic heterocycles. The van der Waals surface area contributed by atoms with Crippen molar-refractivity contribution in [1.82, 2.24) is 5.32 Å². The molecule has 2 aromatic rings. The van der Waals surface area contributed by atoms with Crippen LogP contribution in [0, 0.1) is 0 Å². The van der Waals surface area contributed by atoms with Crippen LogP contribution in [0.25, 0.3) is 0 Å². The average molecular weight is 326 g/mol. The molecule has 0 fully saturated rings. The zero-order valence-electron chi connectivity index (χ0n) is 12.5. The second-order valence-electron chi connectivity index (χ2n) is 5.24. The predicted octanol–water partition coefficient (Wildman–Crippen LogP) is 1.65. The van der Waals surface area contributed by atoms with Gasteiger partial charge in [-0.3, -0.25) is 9.59 Å². The fraction of sp³-hybridized carbons (Fsp3) is 0.118. The lowest BCUT2D eigenvalue weighted by Crippen LogP contribution is -2.27. The van der Waals surface area contributed by atoms with Crippen molar-refractivity contribution in [2.75, 3.05) is 11.9 Å². The van der Waals surface area contributed by atoms with Gasteiger partial charge in [0.05, 0.1) is 11.3 Å². The molecule has 0 saturated carbocycles. The highest BCUT2D eigenvalue weighted by Gasteiger charge is 2.17. The molecule has 1 aliphatic rings. The van der Waals surface area contributed by atoms with Crippen LogP contribution in [0.3, 0.4) is 0 Å². The number of carboxylic acid groups (broad SMARTS) is 1. The number of ether oxygens (including phenoxy) is 1. The Labute approximate surface area is 137 Å². The Morgan fingerprint density at radius 3 is 2.79 bits per heavy atom. The highest BCUT2D eigenvalue weighted by molar-refractivity contribution is 5.99. The largest absolute Gasteiger partial charge is 0.482 e. The van der Waals surface area contributed by atoms with Crippen LogP contribution in [0.5, 0.6) is 5.75 Å². The van der Waals surface area contributed by atoms with E-state index in [0.717, 1.165) is 0 Å². The standard InChI is InChI=1S/C17H14N2O5/c20-15-9-24-14-5-4-11(7-13(14)19-15)16(21)18-8-10-2-1-3-12(6-10)17(22)23/h1-7H,8-9H2,(H,18,21)(H,19,20)(H,22,23). The maximum absolute atomic E-state index is 12.2. The summed E-state index contributed by atoms with van der Waals surface area (Å²) in [7, 11) is 0. The molecule has 0 saturated heterocycles. The fourth-order valence-electron chi connectivity index (χ4n) is 2.32. The molecular weight excluding hydrogens is 312 g/mol. The summed E-state index contributed by atoms with van der Waals surface area (Å²) in [6, 6.07) is 11.1. The van der Waals surface area contributed by atoms with Crippen LogP contribution < -0.4 is 15.4 Å². The number of hydrogen-bond acceptors (Lipinski definition) is 4. The second kappa shape index (κ2) is 6.41. The summed E-state index contributed by atoms with van der Waals surface area (Å²) in [6.07, 6.45) is 0. The van der Waals surface area contributed by atoms with Gasteiger partial charge in [0.2, 0.25) is 0 Å². The molecule has 0 unspecified atom stereocenters. The topological polar surface area (TPSA) is 105 Å². The van der Waals surface area contributed by atoms with Crippen LogP contribution in [0.15, 0.2) is 42.5 Å². The first kappa shape index (κ1) is 15.5. The van der Waals surface area contributed by atoms with Crippen molar-refractivity contribution < 1.29 is 24.2 Å². The molecule has 2 aromatic carbocycles. The first-order chi connectivity index (χ1) is 11.5. The van der Waals surface area contributed by atoms with Gasteiger partial charge in [0.15, 0.2) is 6.61 Å². The van der Waals surface area contributed by atoms with Gasteiger partial charge >= 0.3 is 5.97 Å². The van der Waals surface area contributed by atoms with Gasteiger partial charge in [-0.2, -0.15) is 0 Å². The van der Waals surface area contributed by atoms with E-state index >= 15 is 0 Å². The molecule has 1 aliphatic heterocycles. The Kier molecular flexibility index (Phi) is 4.15. The molecule has 0 bridgehead atoms. The molecule has 24 heavy (non-hydrogen) atoms. The van der Waals surface area contributed by atoms with E-state index in [9.17, 15) is 14.4 Å². The minimum absolute atomic E-state index is 0.0432. The number of carbonyl (C=O) groups is 3. The SMILES string of the molecule is O=C1COc2ccc(C(=O)NCc3cccc(C(=O)O)c3)cc2N1. The number of rotatable bonds is 4. The van der Waals surface area contributed by atoms with E-state index in [-0.39, 0.29) is 30.5 Å². The summed E-state index contributed by atoms with van der Waals surface area (Å²) in [5.41, 5.74) is 1.66. The van der Waals surface area contributed by atoms with Gasteiger partial charge in [0.1, 0.15) is 5.75 Å². The number of nitrogens with one attached hydrogen (secondary N) is 2. The number of hydrogen-bond donors (Lipinski definition) is 3. The molecule has 0 spiro atoms. The molecule has 3 rings (SSSR count). The van der Waals surface area contributed by atoms with Gasteiger partial charge in [-0.15, -0.1) is 0 Å². The summed E-state index contributed by atoms with van der Waals surface area (Å²) >= 11 is 0. The number of carboxylic acids is 1. The van der Waals surface area contributed by atoms with E-state index < -0.39 is 5.97 Å². The molecule has 0 atom stereocenters. The van der Waals surface area contributed by atoms with E-state index in [1.807, 2.05) is 0 Å². The Balaban J connectivity index is 1.69. The summed E-state index contributed by atoms with van der Waals surface area (Å²) < 4.78 is 5.24. The molecule has 122 valence electrons. The third-order valence-electron chi connectivity index (χ3n) is 3.50. The first-order valence-corrected chi connectivity index (χ1v) is 7.20. The smallest absolute Gasteiger partial charge is 0.335 e. The number of anilines is 1. The third kappa shape index (κ3) is 3.35. The summed E-state index contributed by atoms with van der Waals surface area (Å²) in [5.74, 6) is -1.11. The lowest BCUT2D eigenvalue weighted by molar-refractivity contribution is -0.118. The Morgan fingerprint density at radius 2 is 2.00 bits per heavy atom. The molecule has 3 N–H and O–H groups in total. The Morgan fingerprint density at radius 1 is 1.17 bits per heavy atom. The molecule has 2 amide bonds. The van der Waals surface area contributed by atoms with Crippen molar-refractivity contribution in [3.05, 3.63) is 59.2 Å². The molecular formula is C17H14N2O5. The molecule has 7 heteroatoms. The maximum atomic E-state index is 12.2. The number of carbonyl (C=O) groups excluding carboxylic acids is 2. The fourth-order valence-corrected chi connectivity index (χ4v) is 2.32. The Hall–Kier alpha value is -3.35. The third-order valence-corrected chi connectivity index (χ3v) is 3.50. The maximum Gasteiger partial charge on any atom is 0.335 e. The van der Waals surface area contributed by atoms with E-state index in [4.69, 9.17) is 9.84 Å². The lowest BCUT2D eigenvalue weighted by atomic mass is 10.1. The van der Waals surface area contributed by atoms with Crippen LogP contribution in [0.2, 0.25) is 0 Å². The minimum Gasteiger partial charge on any atom is -0.482 e. The van der Waals surface area contributed by atoms with Crippen LogP contribution >= 0.6 is 0 Å². The zero-order valence-corrected chi connectivity index (χ0v) is 12.5. The normalized spacial score (nSPS) is 12.6. The summed E-state index contributed by atoms with van der Waals surface area (Å²) in [5, 5.41) is 14.3. The van der Waals surface area contributed by atoms with Gasteiger partial charge in [0, 0.05) is 12.1 Å². The second-order valence-corrected chi connectivity index (χ2v) is 5.24. The van der Waals surface area contributed by atoms with Gasteiger partial charge in [0.25, 0.3) is 11.8 Å².